The van der Waals surface area contributed by atoms with Crippen LogP contribution >= 0.6 is 0 Å². The largest absolute Gasteiger partial charge is 0.463 e. The molecule has 0 aromatic heterocycles. The first-order chi connectivity index (χ1) is 8.81. The van der Waals surface area contributed by atoms with Gasteiger partial charge in [0.15, 0.2) is 0 Å². The number of hydrogen-bond donors (Lipinski definition) is 1. The standard InChI is InChI=1S/C16H27NO2/c1-6-19-13(18)11(2)10-17-14-15(3,4)12-7-8-16(14,5)9-12/h12,14,17H,2,6-10H2,1,3-5H3. The molecule has 2 aliphatic rings. The van der Waals surface area contributed by atoms with E-state index in [0.29, 0.717) is 35.6 Å². The second kappa shape index (κ2) is 4.93. The highest BCUT2D eigenvalue weighted by Crippen LogP contribution is 2.62. The highest BCUT2D eigenvalue weighted by atomic mass is 16.5. The SMILES string of the molecule is C=C(CNC1C2(C)CCC(C2)C1(C)C)C(=O)OCC. The smallest absolute Gasteiger partial charge is 0.334 e. The molecule has 1 N–H and O–H groups in total. The van der Waals surface area contributed by atoms with E-state index in [1.807, 2.05) is 6.92 Å². The fourth-order valence-electron chi connectivity index (χ4n) is 4.34. The quantitative estimate of drug-likeness (QED) is 0.613. The van der Waals surface area contributed by atoms with Gasteiger partial charge in [0.05, 0.1) is 6.61 Å². The Labute approximate surface area is 116 Å². The minimum atomic E-state index is -0.277. The monoisotopic (exact) mass is 265 g/mol. The topological polar surface area (TPSA) is 38.3 Å². The average Bonchev–Trinajstić information content (AvgIpc) is 2.79. The third kappa shape index (κ3) is 2.45. The van der Waals surface area contributed by atoms with Gasteiger partial charge >= 0.3 is 5.97 Å². The van der Waals surface area contributed by atoms with Gasteiger partial charge in [0.2, 0.25) is 0 Å². The van der Waals surface area contributed by atoms with Gasteiger partial charge < -0.3 is 10.1 Å². The molecule has 0 spiro atoms. The van der Waals surface area contributed by atoms with E-state index in [2.05, 4.69) is 32.7 Å². The molecule has 3 unspecified atom stereocenters. The summed E-state index contributed by atoms with van der Waals surface area (Å²) in [5.74, 6) is 0.534. The molecule has 0 heterocycles. The molecule has 2 aliphatic carbocycles. The lowest BCUT2D eigenvalue weighted by Gasteiger charge is -2.43. The van der Waals surface area contributed by atoms with Crippen molar-refractivity contribution in [3.63, 3.8) is 0 Å². The third-order valence-corrected chi connectivity index (χ3v) is 5.35. The van der Waals surface area contributed by atoms with Crippen LogP contribution in [0.5, 0.6) is 0 Å². The van der Waals surface area contributed by atoms with Crippen LogP contribution in [0, 0.1) is 16.7 Å². The predicted octanol–water partition coefficient (Wildman–Crippen LogP) is 2.91. The zero-order valence-corrected chi connectivity index (χ0v) is 12.7. The molecule has 3 heteroatoms. The van der Waals surface area contributed by atoms with Gasteiger partial charge in [-0.3, -0.25) is 0 Å². The molecular formula is C16H27NO2. The van der Waals surface area contributed by atoms with Gasteiger partial charge in [0.1, 0.15) is 0 Å². The summed E-state index contributed by atoms with van der Waals surface area (Å²) in [6.07, 6.45) is 3.95. The minimum Gasteiger partial charge on any atom is -0.463 e. The van der Waals surface area contributed by atoms with Crippen LogP contribution in [-0.2, 0) is 9.53 Å². The Morgan fingerprint density at radius 2 is 2.11 bits per heavy atom. The first kappa shape index (κ1) is 14.6. The highest BCUT2D eigenvalue weighted by Gasteiger charge is 2.58. The predicted molar refractivity (Wildman–Crippen MR) is 76.8 cm³/mol. The molecule has 0 radical (unpaired) electrons. The van der Waals surface area contributed by atoms with Crippen LogP contribution in [0.15, 0.2) is 12.2 Å². The molecule has 3 atom stereocenters. The molecule has 0 aromatic carbocycles. The van der Waals surface area contributed by atoms with Crippen molar-refractivity contribution in [2.75, 3.05) is 13.2 Å². The zero-order valence-electron chi connectivity index (χ0n) is 12.7. The number of carbonyl (C=O) groups excluding carboxylic acids is 1. The van der Waals surface area contributed by atoms with Crippen LogP contribution in [0.1, 0.15) is 47.0 Å². The molecule has 0 saturated heterocycles. The Hall–Kier alpha value is -0.830. The lowest BCUT2D eigenvalue weighted by atomic mass is 9.68. The van der Waals surface area contributed by atoms with Gasteiger partial charge in [0, 0.05) is 18.2 Å². The van der Waals surface area contributed by atoms with E-state index in [9.17, 15) is 4.79 Å². The van der Waals surface area contributed by atoms with Crippen molar-refractivity contribution in [3.05, 3.63) is 12.2 Å². The van der Waals surface area contributed by atoms with Crippen molar-refractivity contribution in [2.45, 2.75) is 53.0 Å². The summed E-state index contributed by atoms with van der Waals surface area (Å²) in [6.45, 7) is 13.7. The lowest BCUT2D eigenvalue weighted by Crippen LogP contribution is -2.51. The minimum absolute atomic E-state index is 0.277. The number of fused-ring (bicyclic) bond motifs is 2. The fourth-order valence-corrected chi connectivity index (χ4v) is 4.34. The maximum Gasteiger partial charge on any atom is 0.334 e. The van der Waals surface area contributed by atoms with Crippen molar-refractivity contribution in [2.24, 2.45) is 16.7 Å². The molecule has 0 aromatic rings. The van der Waals surface area contributed by atoms with E-state index in [1.165, 1.54) is 19.3 Å². The van der Waals surface area contributed by atoms with Gasteiger partial charge in [-0.05, 0) is 42.9 Å². The molecular weight excluding hydrogens is 238 g/mol. The van der Waals surface area contributed by atoms with E-state index in [-0.39, 0.29) is 5.97 Å². The van der Waals surface area contributed by atoms with Gasteiger partial charge in [-0.25, -0.2) is 4.79 Å². The maximum absolute atomic E-state index is 11.6. The van der Waals surface area contributed by atoms with Gasteiger partial charge in [-0.15, -0.1) is 0 Å². The van der Waals surface area contributed by atoms with Gasteiger partial charge in [-0.1, -0.05) is 27.4 Å². The van der Waals surface area contributed by atoms with E-state index < -0.39 is 0 Å². The van der Waals surface area contributed by atoms with Crippen LogP contribution in [-0.4, -0.2) is 25.2 Å². The van der Waals surface area contributed by atoms with Crippen LogP contribution in [0.4, 0.5) is 0 Å². The molecule has 2 bridgehead atoms. The van der Waals surface area contributed by atoms with Crippen molar-refractivity contribution in [1.29, 1.82) is 0 Å². The number of nitrogens with one attached hydrogen (secondary N) is 1. The van der Waals surface area contributed by atoms with Crippen LogP contribution in [0.25, 0.3) is 0 Å². The fraction of sp³-hybridized carbons (Fsp3) is 0.812. The number of esters is 1. The molecule has 2 fully saturated rings. The second-order valence-electron chi connectivity index (χ2n) is 7.05. The second-order valence-corrected chi connectivity index (χ2v) is 7.05. The summed E-state index contributed by atoms with van der Waals surface area (Å²) in [5, 5.41) is 3.58. The number of hydrogen-bond acceptors (Lipinski definition) is 3. The molecule has 3 nitrogen and oxygen atoms in total. The average molecular weight is 265 g/mol. The number of carbonyl (C=O) groups is 1. The first-order valence-electron chi connectivity index (χ1n) is 7.39. The van der Waals surface area contributed by atoms with E-state index in [1.54, 1.807) is 0 Å². The summed E-state index contributed by atoms with van der Waals surface area (Å²) < 4.78 is 4.98. The van der Waals surface area contributed by atoms with E-state index in [0.717, 1.165) is 5.92 Å². The molecule has 19 heavy (non-hydrogen) atoms. The van der Waals surface area contributed by atoms with Gasteiger partial charge in [0.25, 0.3) is 0 Å². The summed E-state index contributed by atoms with van der Waals surface area (Å²) in [7, 11) is 0. The first-order valence-corrected chi connectivity index (χ1v) is 7.39. The van der Waals surface area contributed by atoms with Crippen molar-refractivity contribution < 1.29 is 9.53 Å². The van der Waals surface area contributed by atoms with Crippen molar-refractivity contribution in [3.8, 4) is 0 Å². The van der Waals surface area contributed by atoms with Crippen LogP contribution in [0.2, 0.25) is 0 Å². The third-order valence-electron chi connectivity index (χ3n) is 5.35. The highest BCUT2D eigenvalue weighted by molar-refractivity contribution is 5.88. The Kier molecular flexibility index (Phi) is 3.78. The Bertz CT molecular complexity index is 383. The summed E-state index contributed by atoms with van der Waals surface area (Å²) >= 11 is 0. The van der Waals surface area contributed by atoms with E-state index >= 15 is 0 Å². The molecule has 2 rings (SSSR count). The number of ether oxygens (including phenoxy) is 1. The summed E-state index contributed by atoms with van der Waals surface area (Å²) in [5.41, 5.74) is 1.22. The Balaban J connectivity index is 1.96. The molecule has 0 amide bonds. The van der Waals surface area contributed by atoms with Gasteiger partial charge in [-0.2, -0.15) is 0 Å². The Morgan fingerprint density at radius 3 is 2.63 bits per heavy atom. The molecule has 108 valence electrons. The van der Waals surface area contributed by atoms with E-state index in [4.69, 9.17) is 4.74 Å². The molecule has 2 saturated carbocycles. The summed E-state index contributed by atoms with van der Waals surface area (Å²) in [4.78, 5) is 11.6. The zero-order chi connectivity index (χ0) is 14.3. The van der Waals surface area contributed by atoms with Crippen molar-refractivity contribution >= 4 is 5.97 Å². The number of rotatable bonds is 5. The Morgan fingerprint density at radius 1 is 1.42 bits per heavy atom. The summed E-state index contributed by atoms with van der Waals surface area (Å²) in [6, 6.07) is 0.463. The maximum atomic E-state index is 11.6. The normalized spacial score (nSPS) is 35.4. The molecule has 0 aliphatic heterocycles. The lowest BCUT2D eigenvalue weighted by molar-refractivity contribution is -0.138. The van der Waals surface area contributed by atoms with Crippen LogP contribution in [0.3, 0.4) is 0 Å². The van der Waals surface area contributed by atoms with Crippen molar-refractivity contribution in [1.82, 2.24) is 5.32 Å². The van der Waals surface area contributed by atoms with Crippen LogP contribution < -0.4 is 5.32 Å².